The SMILES string of the molecule is COc1cc(C=NNC(=O)C(=O)Nc2cc(C(F)(F)F)ccc2Cl)cc(Br)c1OCc1ccc(C)cc1. The number of hydrogen-bond donors (Lipinski definition) is 2. The molecule has 3 aromatic carbocycles. The van der Waals surface area contributed by atoms with Gasteiger partial charge in [-0.2, -0.15) is 18.3 Å². The van der Waals surface area contributed by atoms with E-state index in [0.717, 1.165) is 23.3 Å². The van der Waals surface area contributed by atoms with Crippen LogP contribution in [0.5, 0.6) is 11.5 Å². The van der Waals surface area contributed by atoms with Crippen molar-refractivity contribution in [1.29, 1.82) is 0 Å². The first-order chi connectivity index (χ1) is 17.5. The number of anilines is 1. The molecule has 37 heavy (non-hydrogen) atoms. The van der Waals surface area contributed by atoms with Crippen LogP contribution in [-0.2, 0) is 22.4 Å². The van der Waals surface area contributed by atoms with Crippen LogP contribution in [0, 0.1) is 6.92 Å². The Kier molecular flexibility index (Phi) is 9.17. The second kappa shape index (κ2) is 12.1. The number of methoxy groups -OCH3 is 1. The molecule has 0 radical (unpaired) electrons. The largest absolute Gasteiger partial charge is 0.493 e. The lowest BCUT2D eigenvalue weighted by molar-refractivity contribution is -0.137. The number of carbonyl (C=O) groups is 2. The van der Waals surface area contributed by atoms with Gasteiger partial charge in [-0.25, -0.2) is 5.43 Å². The number of aryl methyl sites for hydroxylation is 1. The molecule has 3 aromatic rings. The van der Waals surface area contributed by atoms with Crippen molar-refractivity contribution in [2.45, 2.75) is 19.7 Å². The first-order valence-electron chi connectivity index (χ1n) is 10.5. The Morgan fingerprint density at radius 1 is 1.08 bits per heavy atom. The minimum atomic E-state index is -4.65. The highest BCUT2D eigenvalue weighted by Gasteiger charge is 2.31. The van der Waals surface area contributed by atoms with Crippen LogP contribution in [0.4, 0.5) is 18.9 Å². The van der Waals surface area contributed by atoms with Crippen LogP contribution >= 0.6 is 27.5 Å². The van der Waals surface area contributed by atoms with Crippen molar-refractivity contribution < 1.29 is 32.2 Å². The van der Waals surface area contributed by atoms with Gasteiger partial charge in [0.15, 0.2) is 11.5 Å². The minimum absolute atomic E-state index is 0.167. The summed E-state index contributed by atoms with van der Waals surface area (Å²) in [7, 11) is 1.46. The van der Waals surface area contributed by atoms with Gasteiger partial charge in [0.05, 0.1) is 34.1 Å². The van der Waals surface area contributed by atoms with Crippen LogP contribution in [0.2, 0.25) is 5.02 Å². The van der Waals surface area contributed by atoms with E-state index in [9.17, 15) is 22.8 Å². The molecule has 0 heterocycles. The number of nitrogens with one attached hydrogen (secondary N) is 2. The normalized spacial score (nSPS) is 11.3. The van der Waals surface area contributed by atoms with Crippen molar-refractivity contribution in [3.63, 3.8) is 0 Å². The number of amides is 2. The second-order valence-corrected chi connectivity index (χ2v) is 8.92. The van der Waals surface area contributed by atoms with Crippen molar-refractivity contribution in [2.75, 3.05) is 12.4 Å². The highest BCUT2D eigenvalue weighted by Crippen LogP contribution is 2.37. The lowest BCUT2D eigenvalue weighted by atomic mass is 10.2. The average Bonchev–Trinajstić information content (AvgIpc) is 2.84. The van der Waals surface area contributed by atoms with Crippen molar-refractivity contribution >= 4 is 51.2 Å². The van der Waals surface area contributed by atoms with E-state index in [1.54, 1.807) is 12.1 Å². The number of halogens is 5. The Bertz CT molecular complexity index is 1330. The number of hydrazone groups is 1. The van der Waals surface area contributed by atoms with E-state index in [4.69, 9.17) is 21.1 Å². The monoisotopic (exact) mass is 597 g/mol. The van der Waals surface area contributed by atoms with Crippen LogP contribution in [0.25, 0.3) is 0 Å². The van der Waals surface area contributed by atoms with Crippen LogP contribution < -0.4 is 20.2 Å². The molecule has 0 aliphatic heterocycles. The molecule has 0 aromatic heterocycles. The maximum Gasteiger partial charge on any atom is 0.416 e. The summed E-state index contributed by atoms with van der Waals surface area (Å²) in [6.07, 6.45) is -3.40. The van der Waals surface area contributed by atoms with E-state index in [1.165, 1.54) is 13.3 Å². The summed E-state index contributed by atoms with van der Waals surface area (Å²) in [6, 6.07) is 13.5. The fourth-order valence-electron chi connectivity index (χ4n) is 2.99. The molecule has 0 fully saturated rings. The van der Waals surface area contributed by atoms with Crippen LogP contribution in [0.1, 0.15) is 22.3 Å². The van der Waals surface area contributed by atoms with Gasteiger partial charge in [0.2, 0.25) is 0 Å². The number of alkyl halides is 3. The van der Waals surface area contributed by atoms with Crippen LogP contribution in [-0.4, -0.2) is 25.1 Å². The summed E-state index contributed by atoms with van der Waals surface area (Å²) in [5, 5.41) is 5.58. The van der Waals surface area contributed by atoms with E-state index < -0.39 is 23.6 Å². The van der Waals surface area contributed by atoms with Gasteiger partial charge < -0.3 is 14.8 Å². The van der Waals surface area contributed by atoms with E-state index in [-0.39, 0.29) is 10.7 Å². The lowest BCUT2D eigenvalue weighted by Gasteiger charge is -2.13. The van der Waals surface area contributed by atoms with E-state index >= 15 is 0 Å². The van der Waals surface area contributed by atoms with Crippen molar-refractivity contribution in [3.05, 3.63) is 86.3 Å². The zero-order valence-corrected chi connectivity index (χ0v) is 21.8. The lowest BCUT2D eigenvalue weighted by Crippen LogP contribution is -2.32. The van der Waals surface area contributed by atoms with E-state index in [0.29, 0.717) is 34.2 Å². The molecular weight excluding hydrogens is 579 g/mol. The number of ether oxygens (including phenoxy) is 2. The molecule has 0 bridgehead atoms. The van der Waals surface area contributed by atoms with Gasteiger partial charge in [-0.15, -0.1) is 0 Å². The molecular formula is C25H20BrClF3N3O4. The molecule has 0 aliphatic rings. The summed E-state index contributed by atoms with van der Waals surface area (Å²) in [6.45, 7) is 2.30. The first-order valence-corrected chi connectivity index (χ1v) is 11.7. The maximum atomic E-state index is 12.9. The Balaban J connectivity index is 1.64. The van der Waals surface area contributed by atoms with Gasteiger partial charge in [0.25, 0.3) is 0 Å². The zero-order chi connectivity index (χ0) is 27.2. The first kappa shape index (κ1) is 28.0. The van der Waals surface area contributed by atoms with Gasteiger partial charge >= 0.3 is 18.0 Å². The summed E-state index contributed by atoms with van der Waals surface area (Å²) in [5.41, 5.74) is 3.21. The molecule has 2 amide bonds. The molecule has 0 atom stereocenters. The third-order valence-electron chi connectivity index (χ3n) is 4.88. The minimum Gasteiger partial charge on any atom is -0.493 e. The molecule has 0 saturated carbocycles. The third-order valence-corrected chi connectivity index (χ3v) is 5.80. The van der Waals surface area contributed by atoms with Gasteiger partial charge in [-0.05, 0) is 64.3 Å². The second-order valence-electron chi connectivity index (χ2n) is 7.65. The predicted octanol–water partition coefficient (Wildman–Crippen LogP) is 6.11. The van der Waals surface area contributed by atoms with Crippen molar-refractivity contribution in [2.24, 2.45) is 5.10 Å². The van der Waals surface area contributed by atoms with Gasteiger partial charge in [0, 0.05) is 0 Å². The molecule has 194 valence electrons. The summed E-state index contributed by atoms with van der Waals surface area (Å²) < 4.78 is 50.5. The van der Waals surface area contributed by atoms with Gasteiger partial charge in [-0.1, -0.05) is 41.4 Å². The molecule has 12 heteroatoms. The molecule has 2 N–H and O–H groups in total. The number of benzene rings is 3. The number of hydrogen-bond acceptors (Lipinski definition) is 5. The topological polar surface area (TPSA) is 89.0 Å². The zero-order valence-electron chi connectivity index (χ0n) is 19.5. The van der Waals surface area contributed by atoms with Gasteiger partial charge in [0.1, 0.15) is 6.61 Å². The number of carbonyl (C=O) groups excluding carboxylic acids is 2. The van der Waals surface area contributed by atoms with E-state index in [1.807, 2.05) is 41.9 Å². The Morgan fingerprint density at radius 2 is 1.78 bits per heavy atom. The van der Waals surface area contributed by atoms with Crippen molar-refractivity contribution in [1.82, 2.24) is 5.43 Å². The Morgan fingerprint density at radius 3 is 2.43 bits per heavy atom. The quantitative estimate of drug-likeness (QED) is 0.195. The fraction of sp³-hybridized carbons (Fsp3) is 0.160. The van der Waals surface area contributed by atoms with Gasteiger partial charge in [-0.3, -0.25) is 9.59 Å². The van der Waals surface area contributed by atoms with Crippen LogP contribution in [0.15, 0.2) is 64.2 Å². The third kappa shape index (κ3) is 7.70. The smallest absolute Gasteiger partial charge is 0.416 e. The number of rotatable bonds is 7. The number of nitrogens with zero attached hydrogens (tertiary/aromatic N) is 1. The maximum absolute atomic E-state index is 12.9. The molecule has 3 rings (SSSR count). The van der Waals surface area contributed by atoms with Crippen LogP contribution in [0.3, 0.4) is 0 Å². The highest BCUT2D eigenvalue weighted by atomic mass is 79.9. The standard InChI is InChI=1S/C25H20BrClF3N3O4/c1-14-3-5-15(6-4-14)13-37-22-18(26)9-16(10-21(22)36-2)12-31-33-24(35)23(34)32-20-11-17(25(28,29)30)7-8-19(20)27/h3-12H,13H2,1-2H3,(H,32,34)(H,33,35). The molecule has 0 spiro atoms. The fourth-order valence-corrected chi connectivity index (χ4v) is 3.73. The summed E-state index contributed by atoms with van der Waals surface area (Å²) in [4.78, 5) is 24.2. The average molecular weight is 599 g/mol. The molecule has 0 saturated heterocycles. The summed E-state index contributed by atoms with van der Waals surface area (Å²) in [5.74, 6) is -1.61. The predicted molar refractivity (Wildman–Crippen MR) is 137 cm³/mol. The van der Waals surface area contributed by atoms with Crippen molar-refractivity contribution in [3.8, 4) is 11.5 Å². The Labute approximate surface area is 223 Å². The Hall–Kier alpha value is -3.57. The molecule has 0 unspecified atom stereocenters. The van der Waals surface area contributed by atoms with E-state index in [2.05, 4.69) is 21.0 Å². The molecule has 0 aliphatic carbocycles. The highest BCUT2D eigenvalue weighted by molar-refractivity contribution is 9.10. The molecule has 7 nitrogen and oxygen atoms in total. The summed E-state index contributed by atoms with van der Waals surface area (Å²) >= 11 is 9.25.